The van der Waals surface area contributed by atoms with Crippen molar-refractivity contribution in [3.05, 3.63) is 30.3 Å². The van der Waals surface area contributed by atoms with E-state index in [1.807, 2.05) is 11.8 Å². The Balaban J connectivity index is 1.52. The van der Waals surface area contributed by atoms with Gasteiger partial charge in [0, 0.05) is 24.0 Å². The molecule has 0 heterocycles. The second kappa shape index (κ2) is 11.9. The van der Waals surface area contributed by atoms with Gasteiger partial charge in [0.05, 0.1) is 0 Å². The molecule has 1 aliphatic carbocycles. The number of nitrogens with zero attached hydrogens (tertiary/aromatic N) is 1. The summed E-state index contributed by atoms with van der Waals surface area (Å²) in [6.07, 6.45) is 9.65. The second-order valence-electron chi connectivity index (χ2n) is 6.59. The minimum atomic E-state index is 0.872. The molecular weight excluding hydrogens is 300 g/mol. The van der Waals surface area contributed by atoms with Crippen LogP contribution in [-0.2, 0) is 0 Å². The highest BCUT2D eigenvalue weighted by Crippen LogP contribution is 2.23. The van der Waals surface area contributed by atoms with Gasteiger partial charge < -0.3 is 5.32 Å². The summed E-state index contributed by atoms with van der Waals surface area (Å²) in [6.45, 7) is 7.13. The summed E-state index contributed by atoms with van der Waals surface area (Å²) in [5.41, 5.74) is 0. The summed E-state index contributed by atoms with van der Waals surface area (Å²) < 4.78 is 0. The van der Waals surface area contributed by atoms with Crippen LogP contribution in [0.25, 0.3) is 0 Å². The van der Waals surface area contributed by atoms with Crippen LogP contribution in [0, 0.1) is 0 Å². The van der Waals surface area contributed by atoms with Gasteiger partial charge in [0.25, 0.3) is 0 Å². The van der Waals surface area contributed by atoms with Crippen molar-refractivity contribution < 1.29 is 0 Å². The van der Waals surface area contributed by atoms with Gasteiger partial charge in [-0.25, -0.2) is 0 Å². The van der Waals surface area contributed by atoms with Crippen LogP contribution in [0.4, 0.5) is 0 Å². The van der Waals surface area contributed by atoms with Crippen LogP contribution in [0.2, 0.25) is 0 Å². The molecule has 0 saturated heterocycles. The lowest BCUT2D eigenvalue weighted by Crippen LogP contribution is -2.39. The van der Waals surface area contributed by atoms with E-state index >= 15 is 0 Å². The van der Waals surface area contributed by atoms with Gasteiger partial charge in [-0.2, -0.15) is 0 Å². The maximum Gasteiger partial charge on any atom is 0.0110 e. The fourth-order valence-electron chi connectivity index (χ4n) is 3.36. The van der Waals surface area contributed by atoms with Crippen LogP contribution in [0.3, 0.4) is 0 Å². The molecule has 0 aromatic heterocycles. The zero-order chi connectivity index (χ0) is 16.2. The van der Waals surface area contributed by atoms with E-state index in [9.17, 15) is 0 Å². The van der Waals surface area contributed by atoms with E-state index < -0.39 is 0 Å². The summed E-state index contributed by atoms with van der Waals surface area (Å²) in [7, 11) is 0. The number of hydrogen-bond donors (Lipinski definition) is 1. The molecule has 1 N–H and O–H groups in total. The lowest BCUT2D eigenvalue weighted by Gasteiger charge is -2.28. The first-order valence-corrected chi connectivity index (χ1v) is 10.5. The SMILES string of the molecule is CCCCN(CCNCCCSc1ccccc1)C1CCCC1. The second-order valence-corrected chi connectivity index (χ2v) is 7.76. The van der Waals surface area contributed by atoms with Gasteiger partial charge in [0.15, 0.2) is 0 Å². The van der Waals surface area contributed by atoms with Gasteiger partial charge in [0.2, 0.25) is 0 Å². The summed E-state index contributed by atoms with van der Waals surface area (Å²) >= 11 is 1.97. The first-order chi connectivity index (χ1) is 11.4. The van der Waals surface area contributed by atoms with Crippen LogP contribution < -0.4 is 5.32 Å². The average Bonchev–Trinajstić information content (AvgIpc) is 3.12. The summed E-state index contributed by atoms with van der Waals surface area (Å²) in [6, 6.07) is 11.6. The minimum Gasteiger partial charge on any atom is -0.315 e. The molecule has 0 bridgehead atoms. The molecule has 0 atom stereocenters. The molecule has 0 amide bonds. The maximum atomic E-state index is 3.65. The monoisotopic (exact) mass is 334 g/mol. The third-order valence-corrected chi connectivity index (χ3v) is 5.82. The predicted octanol–water partition coefficient (Wildman–Crippen LogP) is 4.80. The van der Waals surface area contributed by atoms with E-state index in [4.69, 9.17) is 0 Å². The highest BCUT2D eigenvalue weighted by molar-refractivity contribution is 7.99. The molecule has 23 heavy (non-hydrogen) atoms. The summed E-state index contributed by atoms with van der Waals surface area (Å²) in [4.78, 5) is 4.14. The van der Waals surface area contributed by atoms with E-state index in [1.54, 1.807) is 0 Å². The molecular formula is C20H34N2S. The number of benzene rings is 1. The topological polar surface area (TPSA) is 15.3 Å². The van der Waals surface area contributed by atoms with Gasteiger partial charge in [-0.15, -0.1) is 11.8 Å². The summed E-state index contributed by atoms with van der Waals surface area (Å²) in [5, 5.41) is 3.65. The van der Waals surface area contributed by atoms with Gasteiger partial charge in [-0.05, 0) is 56.7 Å². The quantitative estimate of drug-likeness (QED) is 0.436. The van der Waals surface area contributed by atoms with Gasteiger partial charge in [-0.3, -0.25) is 4.90 Å². The molecule has 130 valence electrons. The lowest BCUT2D eigenvalue weighted by atomic mass is 10.2. The van der Waals surface area contributed by atoms with Crippen LogP contribution in [0.5, 0.6) is 0 Å². The zero-order valence-electron chi connectivity index (χ0n) is 14.8. The van der Waals surface area contributed by atoms with Crippen molar-refractivity contribution in [3.8, 4) is 0 Å². The molecule has 1 aliphatic rings. The first-order valence-electron chi connectivity index (χ1n) is 9.52. The van der Waals surface area contributed by atoms with E-state index in [-0.39, 0.29) is 0 Å². The molecule has 2 nitrogen and oxygen atoms in total. The molecule has 1 saturated carbocycles. The number of unbranched alkanes of at least 4 members (excludes halogenated alkanes) is 1. The van der Waals surface area contributed by atoms with Gasteiger partial charge >= 0.3 is 0 Å². The number of rotatable bonds is 12. The van der Waals surface area contributed by atoms with Crippen molar-refractivity contribution in [2.24, 2.45) is 0 Å². The Hall–Kier alpha value is -0.510. The van der Waals surface area contributed by atoms with Crippen molar-refractivity contribution in [1.29, 1.82) is 0 Å². The fourth-order valence-corrected chi connectivity index (χ4v) is 4.23. The van der Waals surface area contributed by atoms with Crippen molar-refractivity contribution in [2.45, 2.75) is 62.8 Å². The maximum absolute atomic E-state index is 3.65. The molecule has 2 rings (SSSR count). The molecule has 0 aliphatic heterocycles. The van der Waals surface area contributed by atoms with Crippen molar-refractivity contribution in [3.63, 3.8) is 0 Å². The molecule has 1 fully saturated rings. The Morgan fingerprint density at radius 3 is 2.57 bits per heavy atom. The number of nitrogens with one attached hydrogen (secondary N) is 1. The highest BCUT2D eigenvalue weighted by Gasteiger charge is 2.21. The fraction of sp³-hybridized carbons (Fsp3) is 0.700. The normalized spacial score (nSPS) is 15.6. The molecule has 0 radical (unpaired) electrons. The Morgan fingerprint density at radius 2 is 1.83 bits per heavy atom. The highest BCUT2D eigenvalue weighted by atomic mass is 32.2. The number of hydrogen-bond acceptors (Lipinski definition) is 3. The number of thioether (sulfide) groups is 1. The van der Waals surface area contributed by atoms with Gasteiger partial charge in [0.1, 0.15) is 0 Å². The molecule has 1 aromatic carbocycles. The zero-order valence-corrected chi connectivity index (χ0v) is 15.6. The van der Waals surface area contributed by atoms with Gasteiger partial charge in [-0.1, -0.05) is 44.4 Å². The van der Waals surface area contributed by atoms with Crippen molar-refractivity contribution >= 4 is 11.8 Å². The van der Waals surface area contributed by atoms with Crippen LogP contribution >= 0.6 is 11.8 Å². The third-order valence-electron chi connectivity index (χ3n) is 4.73. The average molecular weight is 335 g/mol. The largest absolute Gasteiger partial charge is 0.315 e. The third kappa shape index (κ3) is 7.73. The molecule has 0 unspecified atom stereocenters. The Kier molecular flexibility index (Phi) is 9.77. The van der Waals surface area contributed by atoms with Crippen molar-refractivity contribution in [1.82, 2.24) is 10.2 Å². The smallest absolute Gasteiger partial charge is 0.0110 e. The minimum absolute atomic E-state index is 0.872. The Bertz CT molecular complexity index is 390. The van der Waals surface area contributed by atoms with E-state index in [0.717, 1.165) is 19.1 Å². The van der Waals surface area contributed by atoms with Crippen molar-refractivity contribution in [2.75, 3.05) is 31.9 Å². The molecule has 0 spiro atoms. The van der Waals surface area contributed by atoms with E-state index in [0.29, 0.717) is 0 Å². The van der Waals surface area contributed by atoms with Crippen LogP contribution in [0.15, 0.2) is 35.2 Å². The van der Waals surface area contributed by atoms with Crippen LogP contribution in [0.1, 0.15) is 51.9 Å². The first kappa shape index (κ1) is 18.8. The standard InChI is InChI=1S/C20H34N2S/c1-2-3-16-22(19-10-7-8-11-19)17-15-21-14-9-18-23-20-12-5-4-6-13-20/h4-6,12-13,19,21H,2-3,7-11,14-18H2,1H3. The Morgan fingerprint density at radius 1 is 1.04 bits per heavy atom. The van der Waals surface area contributed by atoms with E-state index in [2.05, 4.69) is 47.5 Å². The van der Waals surface area contributed by atoms with Crippen LogP contribution in [-0.4, -0.2) is 42.9 Å². The molecule has 3 heteroatoms. The lowest BCUT2D eigenvalue weighted by molar-refractivity contribution is 0.196. The molecule has 1 aromatic rings. The predicted molar refractivity (Wildman–Crippen MR) is 103 cm³/mol. The Labute approximate surface area is 147 Å². The summed E-state index contributed by atoms with van der Waals surface area (Å²) in [5.74, 6) is 1.21. The van der Waals surface area contributed by atoms with E-state index in [1.165, 1.54) is 68.7 Å².